The first-order valence-corrected chi connectivity index (χ1v) is 8.95. The lowest BCUT2D eigenvalue weighted by Gasteiger charge is -2.35. The highest BCUT2D eigenvalue weighted by atomic mass is 15.4. The summed E-state index contributed by atoms with van der Waals surface area (Å²) in [6.07, 6.45) is 6.88. The smallest absolute Gasteiger partial charge is 0.179 e. The lowest BCUT2D eigenvalue weighted by Crippen LogP contribution is -2.46. The molecule has 0 bridgehead atoms. The minimum absolute atomic E-state index is 0.823. The molecule has 0 aliphatic carbocycles. The number of anilines is 1. The molecule has 1 aliphatic heterocycles. The molecule has 8 heteroatoms. The molecule has 132 valence electrons. The van der Waals surface area contributed by atoms with Crippen molar-refractivity contribution in [2.24, 2.45) is 0 Å². The minimum atomic E-state index is 0.823. The van der Waals surface area contributed by atoms with E-state index in [1.807, 2.05) is 21.6 Å². The summed E-state index contributed by atoms with van der Waals surface area (Å²) in [6.45, 7) is 10.1. The number of aryl methyl sites for hydroxylation is 2. The van der Waals surface area contributed by atoms with Gasteiger partial charge in [0.15, 0.2) is 11.5 Å². The van der Waals surface area contributed by atoms with Crippen LogP contribution in [0.5, 0.6) is 0 Å². The number of hydrogen-bond donors (Lipinski definition) is 0. The van der Waals surface area contributed by atoms with E-state index in [4.69, 9.17) is 0 Å². The molecule has 0 radical (unpaired) electrons. The Morgan fingerprint density at radius 1 is 1.00 bits per heavy atom. The Kier molecular flexibility index (Phi) is 4.35. The van der Waals surface area contributed by atoms with Crippen molar-refractivity contribution in [3.63, 3.8) is 0 Å². The van der Waals surface area contributed by atoms with Crippen molar-refractivity contribution < 1.29 is 0 Å². The standard InChI is InChI=1S/C17H24N8/c1-3-16-20-21-17-9-15(11-19-25(16)17)23-7-5-22(6-8-23)12-14-10-18-24(4-2)13-14/h9-11,13H,3-8,12H2,1-2H3. The highest BCUT2D eigenvalue weighted by molar-refractivity contribution is 5.54. The minimum Gasteiger partial charge on any atom is -0.368 e. The Balaban J connectivity index is 1.39. The summed E-state index contributed by atoms with van der Waals surface area (Å²) >= 11 is 0. The Morgan fingerprint density at radius 2 is 1.84 bits per heavy atom. The zero-order valence-corrected chi connectivity index (χ0v) is 14.8. The van der Waals surface area contributed by atoms with Crippen molar-refractivity contribution in [3.05, 3.63) is 36.0 Å². The van der Waals surface area contributed by atoms with E-state index in [0.29, 0.717) is 0 Å². The van der Waals surface area contributed by atoms with E-state index < -0.39 is 0 Å². The lowest BCUT2D eigenvalue weighted by atomic mass is 10.2. The normalized spacial score (nSPS) is 16.0. The molecule has 0 spiro atoms. The Hall–Kier alpha value is -2.48. The van der Waals surface area contributed by atoms with Gasteiger partial charge in [-0.2, -0.15) is 14.7 Å². The summed E-state index contributed by atoms with van der Waals surface area (Å²) in [4.78, 5) is 4.85. The summed E-state index contributed by atoms with van der Waals surface area (Å²) in [5.74, 6) is 0.902. The predicted octanol–water partition coefficient (Wildman–Crippen LogP) is 1.23. The van der Waals surface area contributed by atoms with Crippen LogP contribution in [-0.2, 0) is 19.5 Å². The van der Waals surface area contributed by atoms with Crippen LogP contribution < -0.4 is 4.90 Å². The molecule has 0 amide bonds. The summed E-state index contributed by atoms with van der Waals surface area (Å²) in [6, 6.07) is 2.08. The van der Waals surface area contributed by atoms with Crippen molar-refractivity contribution in [3.8, 4) is 0 Å². The first kappa shape index (κ1) is 16.0. The van der Waals surface area contributed by atoms with Crippen LogP contribution in [0.2, 0.25) is 0 Å². The van der Waals surface area contributed by atoms with Gasteiger partial charge in [-0.25, -0.2) is 0 Å². The quantitative estimate of drug-likeness (QED) is 0.696. The number of nitrogens with zero attached hydrogens (tertiary/aromatic N) is 8. The van der Waals surface area contributed by atoms with Crippen LogP contribution >= 0.6 is 0 Å². The van der Waals surface area contributed by atoms with Crippen LogP contribution in [0.4, 0.5) is 5.69 Å². The topological polar surface area (TPSA) is 67.4 Å². The van der Waals surface area contributed by atoms with Crippen LogP contribution in [0.25, 0.3) is 5.65 Å². The molecule has 4 heterocycles. The summed E-state index contributed by atoms with van der Waals surface area (Å²) in [5, 5.41) is 17.3. The van der Waals surface area contributed by atoms with E-state index >= 15 is 0 Å². The molecule has 25 heavy (non-hydrogen) atoms. The first-order valence-electron chi connectivity index (χ1n) is 8.95. The van der Waals surface area contributed by atoms with E-state index in [0.717, 1.165) is 62.8 Å². The zero-order valence-electron chi connectivity index (χ0n) is 14.8. The average molecular weight is 340 g/mol. The van der Waals surface area contributed by atoms with Crippen LogP contribution in [0, 0.1) is 0 Å². The van der Waals surface area contributed by atoms with Crippen molar-refractivity contribution >= 4 is 11.3 Å². The molecule has 0 saturated carbocycles. The van der Waals surface area contributed by atoms with Crippen molar-refractivity contribution in [1.82, 2.24) is 34.5 Å². The molecule has 3 aromatic heterocycles. The third-order valence-corrected chi connectivity index (χ3v) is 4.78. The molecule has 4 rings (SSSR count). The monoisotopic (exact) mass is 340 g/mol. The predicted molar refractivity (Wildman–Crippen MR) is 95.6 cm³/mol. The molecular weight excluding hydrogens is 316 g/mol. The van der Waals surface area contributed by atoms with Crippen LogP contribution in [0.1, 0.15) is 25.2 Å². The van der Waals surface area contributed by atoms with E-state index in [1.165, 1.54) is 5.56 Å². The molecule has 8 nitrogen and oxygen atoms in total. The van der Waals surface area contributed by atoms with Gasteiger partial charge in [0, 0.05) is 63.5 Å². The highest BCUT2D eigenvalue weighted by Crippen LogP contribution is 2.18. The summed E-state index contributed by atoms with van der Waals surface area (Å²) < 4.78 is 3.81. The maximum absolute atomic E-state index is 4.51. The molecule has 0 N–H and O–H groups in total. The van der Waals surface area contributed by atoms with Gasteiger partial charge in [-0.3, -0.25) is 9.58 Å². The maximum Gasteiger partial charge on any atom is 0.179 e. The molecule has 0 unspecified atom stereocenters. The molecule has 0 atom stereocenters. The maximum atomic E-state index is 4.51. The zero-order chi connectivity index (χ0) is 17.2. The number of fused-ring (bicyclic) bond motifs is 1. The van der Waals surface area contributed by atoms with Gasteiger partial charge in [0.25, 0.3) is 0 Å². The molecule has 0 aromatic carbocycles. The van der Waals surface area contributed by atoms with Gasteiger partial charge in [-0.1, -0.05) is 6.92 Å². The van der Waals surface area contributed by atoms with Gasteiger partial charge in [-0.15, -0.1) is 10.2 Å². The fourth-order valence-electron chi connectivity index (χ4n) is 3.30. The SMILES string of the molecule is CCc1nnc2cc(N3CCN(Cc4cnn(CC)c4)CC3)cnn12. The van der Waals surface area contributed by atoms with Gasteiger partial charge in [0.05, 0.1) is 18.1 Å². The van der Waals surface area contributed by atoms with E-state index in [-0.39, 0.29) is 0 Å². The highest BCUT2D eigenvalue weighted by Gasteiger charge is 2.19. The van der Waals surface area contributed by atoms with Crippen molar-refractivity contribution in [2.75, 3.05) is 31.1 Å². The number of rotatable bonds is 5. The Bertz CT molecular complexity index is 843. The Labute approximate surface area is 147 Å². The fourth-order valence-corrected chi connectivity index (χ4v) is 3.30. The molecule has 1 fully saturated rings. The summed E-state index contributed by atoms with van der Waals surface area (Å²) in [7, 11) is 0. The summed E-state index contributed by atoms with van der Waals surface area (Å²) in [5.41, 5.74) is 3.23. The second-order valence-electron chi connectivity index (χ2n) is 6.42. The van der Waals surface area contributed by atoms with Gasteiger partial charge in [0.2, 0.25) is 0 Å². The third-order valence-electron chi connectivity index (χ3n) is 4.78. The Morgan fingerprint density at radius 3 is 2.56 bits per heavy atom. The average Bonchev–Trinajstić information content (AvgIpc) is 3.28. The largest absolute Gasteiger partial charge is 0.368 e. The second-order valence-corrected chi connectivity index (χ2v) is 6.42. The van der Waals surface area contributed by atoms with E-state index in [9.17, 15) is 0 Å². The second kappa shape index (κ2) is 6.79. The van der Waals surface area contributed by atoms with Gasteiger partial charge in [-0.05, 0) is 6.92 Å². The van der Waals surface area contributed by atoms with E-state index in [1.54, 1.807) is 0 Å². The molecule has 3 aromatic rings. The molecule has 1 aliphatic rings. The van der Waals surface area contributed by atoms with Gasteiger partial charge < -0.3 is 4.90 Å². The van der Waals surface area contributed by atoms with E-state index in [2.05, 4.69) is 56.3 Å². The third kappa shape index (κ3) is 3.21. The van der Waals surface area contributed by atoms with Crippen molar-refractivity contribution in [1.29, 1.82) is 0 Å². The van der Waals surface area contributed by atoms with Gasteiger partial charge >= 0.3 is 0 Å². The number of aromatic nitrogens is 6. The van der Waals surface area contributed by atoms with Crippen LogP contribution in [0.15, 0.2) is 24.7 Å². The molecule has 1 saturated heterocycles. The lowest BCUT2D eigenvalue weighted by molar-refractivity contribution is 0.249. The molecular formula is C17H24N8. The van der Waals surface area contributed by atoms with Gasteiger partial charge in [0.1, 0.15) is 0 Å². The van der Waals surface area contributed by atoms with Crippen LogP contribution in [0.3, 0.4) is 0 Å². The first-order chi connectivity index (χ1) is 12.3. The fraction of sp³-hybridized carbons (Fsp3) is 0.529. The number of hydrogen-bond acceptors (Lipinski definition) is 6. The number of piperazine rings is 1. The van der Waals surface area contributed by atoms with Crippen molar-refractivity contribution in [2.45, 2.75) is 33.4 Å². The van der Waals surface area contributed by atoms with Crippen LogP contribution in [-0.4, -0.2) is 60.7 Å².